The van der Waals surface area contributed by atoms with Gasteiger partial charge in [-0.25, -0.2) is 0 Å². The van der Waals surface area contributed by atoms with E-state index in [4.69, 9.17) is 0 Å². The maximum atomic E-state index is 10.0. The molecule has 0 fully saturated rings. The molecular formula is C15H20O. The number of hydrogen-bond donors (Lipinski definition) is 1. The Balaban J connectivity index is 2.53. The van der Waals surface area contributed by atoms with Crippen LogP contribution in [0.4, 0.5) is 0 Å². The highest BCUT2D eigenvalue weighted by molar-refractivity contribution is 5.20. The first kappa shape index (κ1) is 12.8. The van der Waals surface area contributed by atoms with E-state index in [2.05, 4.69) is 18.8 Å². The predicted molar refractivity (Wildman–Crippen MR) is 67.9 cm³/mol. The maximum Gasteiger partial charge on any atom is 0.0924 e. The van der Waals surface area contributed by atoms with Gasteiger partial charge in [0.1, 0.15) is 0 Å². The van der Waals surface area contributed by atoms with Crippen LogP contribution in [0.5, 0.6) is 0 Å². The van der Waals surface area contributed by atoms with Crippen LogP contribution in [0.3, 0.4) is 0 Å². The molecule has 0 aliphatic heterocycles. The molecule has 0 heterocycles. The number of rotatable bonds is 4. The standard InChI is InChI=1S/C15H20O/c1-3-4-5-7-10-13(2)15(16)14-11-8-6-9-12-14/h6,8-9,11-13,15-16H,3-5H2,1-2H3/t13-,15+/m1/s1. The molecule has 2 atom stereocenters. The molecule has 0 aliphatic rings. The second-order valence-corrected chi connectivity index (χ2v) is 4.07. The van der Waals surface area contributed by atoms with Crippen molar-refractivity contribution in [2.24, 2.45) is 5.92 Å². The molecule has 0 saturated heterocycles. The topological polar surface area (TPSA) is 20.2 Å². The summed E-state index contributed by atoms with van der Waals surface area (Å²) in [6.45, 7) is 4.13. The van der Waals surface area contributed by atoms with E-state index in [1.165, 1.54) is 6.42 Å². The molecule has 86 valence electrons. The highest BCUT2D eigenvalue weighted by Crippen LogP contribution is 2.20. The van der Waals surface area contributed by atoms with E-state index in [1.807, 2.05) is 37.3 Å². The van der Waals surface area contributed by atoms with Gasteiger partial charge in [0.15, 0.2) is 0 Å². The number of aliphatic hydroxyl groups excluding tert-OH is 1. The average Bonchev–Trinajstić information content (AvgIpc) is 2.34. The fourth-order valence-corrected chi connectivity index (χ4v) is 1.52. The number of hydrogen-bond acceptors (Lipinski definition) is 1. The highest BCUT2D eigenvalue weighted by Gasteiger charge is 2.13. The molecule has 0 aromatic heterocycles. The van der Waals surface area contributed by atoms with Crippen molar-refractivity contribution < 1.29 is 5.11 Å². The van der Waals surface area contributed by atoms with Crippen molar-refractivity contribution in [1.29, 1.82) is 0 Å². The molecule has 0 radical (unpaired) electrons. The van der Waals surface area contributed by atoms with E-state index < -0.39 is 6.10 Å². The van der Waals surface area contributed by atoms with Crippen molar-refractivity contribution in [2.45, 2.75) is 39.2 Å². The van der Waals surface area contributed by atoms with E-state index in [0.717, 1.165) is 18.4 Å². The van der Waals surface area contributed by atoms with Gasteiger partial charge in [-0.1, -0.05) is 49.6 Å². The van der Waals surface area contributed by atoms with Crippen LogP contribution in [0, 0.1) is 17.8 Å². The van der Waals surface area contributed by atoms with Crippen LogP contribution in [0.25, 0.3) is 0 Å². The first-order chi connectivity index (χ1) is 7.75. The SMILES string of the molecule is CCCCC#C[C@@H](C)[C@H](O)c1ccccc1. The van der Waals surface area contributed by atoms with E-state index in [1.54, 1.807) is 0 Å². The van der Waals surface area contributed by atoms with Gasteiger partial charge in [-0.15, -0.1) is 5.92 Å². The quantitative estimate of drug-likeness (QED) is 0.603. The van der Waals surface area contributed by atoms with Gasteiger partial charge in [-0.2, -0.15) is 0 Å². The second-order valence-electron chi connectivity index (χ2n) is 4.07. The largest absolute Gasteiger partial charge is 0.387 e. The lowest BCUT2D eigenvalue weighted by atomic mass is 9.98. The minimum absolute atomic E-state index is 0.000689. The van der Waals surface area contributed by atoms with Gasteiger partial charge in [0, 0.05) is 12.3 Å². The zero-order chi connectivity index (χ0) is 11.8. The second kappa shape index (κ2) is 7.09. The normalized spacial score (nSPS) is 13.7. The molecule has 0 spiro atoms. The predicted octanol–water partition coefficient (Wildman–Crippen LogP) is 3.55. The van der Waals surface area contributed by atoms with Gasteiger partial charge in [0.05, 0.1) is 6.10 Å². The number of benzene rings is 1. The van der Waals surface area contributed by atoms with Crippen LogP contribution >= 0.6 is 0 Å². The third-order valence-corrected chi connectivity index (χ3v) is 2.60. The Bertz CT molecular complexity index is 345. The Morgan fingerprint density at radius 2 is 1.94 bits per heavy atom. The van der Waals surface area contributed by atoms with Crippen LogP contribution in [0.2, 0.25) is 0 Å². The molecular weight excluding hydrogens is 196 g/mol. The number of unbranched alkanes of at least 4 members (excludes halogenated alkanes) is 2. The molecule has 0 bridgehead atoms. The van der Waals surface area contributed by atoms with Crippen molar-refractivity contribution in [3.63, 3.8) is 0 Å². The summed E-state index contributed by atoms with van der Waals surface area (Å²) in [5, 5.41) is 10.0. The molecule has 1 aromatic carbocycles. The van der Waals surface area contributed by atoms with Crippen LogP contribution < -0.4 is 0 Å². The summed E-state index contributed by atoms with van der Waals surface area (Å²) < 4.78 is 0. The third kappa shape index (κ3) is 4.08. The highest BCUT2D eigenvalue weighted by atomic mass is 16.3. The van der Waals surface area contributed by atoms with Gasteiger partial charge in [0.2, 0.25) is 0 Å². The summed E-state index contributed by atoms with van der Waals surface area (Å²) >= 11 is 0. The molecule has 1 N–H and O–H groups in total. The first-order valence-electron chi connectivity index (χ1n) is 5.97. The van der Waals surface area contributed by atoms with Gasteiger partial charge in [-0.05, 0) is 18.9 Å². The van der Waals surface area contributed by atoms with Gasteiger partial charge in [-0.3, -0.25) is 0 Å². The fraction of sp³-hybridized carbons (Fsp3) is 0.467. The zero-order valence-corrected chi connectivity index (χ0v) is 10.1. The van der Waals surface area contributed by atoms with Crippen molar-refractivity contribution in [3.8, 4) is 11.8 Å². The minimum Gasteiger partial charge on any atom is -0.387 e. The smallest absolute Gasteiger partial charge is 0.0924 e. The molecule has 1 aromatic rings. The Morgan fingerprint density at radius 3 is 2.56 bits per heavy atom. The lowest BCUT2D eigenvalue weighted by molar-refractivity contribution is 0.143. The number of aliphatic hydroxyl groups is 1. The lowest BCUT2D eigenvalue weighted by Gasteiger charge is -2.13. The monoisotopic (exact) mass is 216 g/mol. The average molecular weight is 216 g/mol. The molecule has 0 aliphatic carbocycles. The van der Waals surface area contributed by atoms with Gasteiger partial charge < -0.3 is 5.11 Å². The molecule has 0 saturated carbocycles. The summed E-state index contributed by atoms with van der Waals surface area (Å²) in [6, 6.07) is 9.71. The summed E-state index contributed by atoms with van der Waals surface area (Å²) in [5.74, 6) is 6.24. The molecule has 1 rings (SSSR count). The van der Waals surface area contributed by atoms with Crippen LogP contribution in [-0.2, 0) is 0 Å². The van der Waals surface area contributed by atoms with Crippen LogP contribution in [-0.4, -0.2) is 5.11 Å². The van der Waals surface area contributed by atoms with Crippen molar-refractivity contribution in [2.75, 3.05) is 0 Å². The van der Waals surface area contributed by atoms with Crippen LogP contribution in [0.15, 0.2) is 30.3 Å². The Hall–Kier alpha value is -1.26. The molecule has 16 heavy (non-hydrogen) atoms. The summed E-state index contributed by atoms with van der Waals surface area (Å²) in [6.07, 6.45) is 2.77. The maximum absolute atomic E-state index is 10.0. The van der Waals surface area contributed by atoms with E-state index in [0.29, 0.717) is 0 Å². The fourth-order valence-electron chi connectivity index (χ4n) is 1.52. The van der Waals surface area contributed by atoms with E-state index >= 15 is 0 Å². The molecule has 0 amide bonds. The van der Waals surface area contributed by atoms with Gasteiger partial charge in [0.25, 0.3) is 0 Å². The van der Waals surface area contributed by atoms with Crippen molar-refractivity contribution in [3.05, 3.63) is 35.9 Å². The lowest BCUT2D eigenvalue weighted by Crippen LogP contribution is -2.06. The minimum atomic E-state index is -0.477. The molecule has 1 heteroatoms. The van der Waals surface area contributed by atoms with Gasteiger partial charge >= 0.3 is 0 Å². The molecule has 0 unspecified atom stereocenters. The van der Waals surface area contributed by atoms with E-state index in [9.17, 15) is 5.11 Å². The Labute approximate surface area is 98.5 Å². The van der Waals surface area contributed by atoms with E-state index in [-0.39, 0.29) is 5.92 Å². The third-order valence-electron chi connectivity index (χ3n) is 2.60. The first-order valence-corrected chi connectivity index (χ1v) is 5.97. The summed E-state index contributed by atoms with van der Waals surface area (Å²) in [4.78, 5) is 0. The Kier molecular flexibility index (Phi) is 5.67. The molecule has 1 nitrogen and oxygen atoms in total. The Morgan fingerprint density at radius 1 is 1.25 bits per heavy atom. The summed E-state index contributed by atoms with van der Waals surface area (Å²) in [7, 11) is 0. The van der Waals surface area contributed by atoms with Crippen molar-refractivity contribution >= 4 is 0 Å². The zero-order valence-electron chi connectivity index (χ0n) is 10.1. The van der Waals surface area contributed by atoms with Crippen LogP contribution in [0.1, 0.15) is 44.8 Å². The summed E-state index contributed by atoms with van der Waals surface area (Å²) in [5.41, 5.74) is 0.944. The van der Waals surface area contributed by atoms with Crippen molar-refractivity contribution in [1.82, 2.24) is 0 Å².